The zero-order valence-electron chi connectivity index (χ0n) is 20.8. The molecule has 2 aliphatic heterocycles. The summed E-state index contributed by atoms with van der Waals surface area (Å²) in [7, 11) is 0. The molecule has 0 aliphatic carbocycles. The number of aromatic hydroxyl groups is 1. The second kappa shape index (κ2) is 9.28. The molecule has 182 valence electrons. The van der Waals surface area contributed by atoms with Crippen LogP contribution >= 0.6 is 0 Å². The predicted octanol–water partition coefficient (Wildman–Crippen LogP) is 4.75. The highest BCUT2D eigenvalue weighted by molar-refractivity contribution is 6.01. The molecular weight excluding hydrogens is 446 g/mol. The molecule has 4 aromatic rings. The molecule has 1 saturated heterocycles. The molecule has 0 unspecified atom stereocenters. The molecule has 0 amide bonds. The van der Waals surface area contributed by atoms with Crippen molar-refractivity contribution < 1.29 is 5.11 Å². The van der Waals surface area contributed by atoms with Gasteiger partial charge in [0.15, 0.2) is 11.7 Å². The molecule has 0 radical (unpaired) electrons. The quantitative estimate of drug-likeness (QED) is 0.388. The van der Waals surface area contributed by atoms with Crippen LogP contribution in [0.3, 0.4) is 0 Å². The number of nitrogens with one attached hydrogen (secondary N) is 2. The largest absolute Gasteiger partial charge is 0.494 e. The van der Waals surface area contributed by atoms with Crippen LogP contribution in [-0.2, 0) is 0 Å². The zero-order valence-corrected chi connectivity index (χ0v) is 20.8. The maximum absolute atomic E-state index is 11.2. The highest BCUT2D eigenvalue weighted by Crippen LogP contribution is 2.40. The van der Waals surface area contributed by atoms with Crippen molar-refractivity contribution in [1.29, 1.82) is 0 Å². The van der Waals surface area contributed by atoms with Gasteiger partial charge in [0.2, 0.25) is 0 Å². The number of nitrogens with zero attached hydrogens (tertiary/aromatic N) is 3. The van der Waals surface area contributed by atoms with Gasteiger partial charge in [-0.3, -0.25) is 0 Å². The molecule has 0 atom stereocenters. The lowest BCUT2D eigenvalue weighted by molar-refractivity contribution is 0.229. The molecule has 6 heteroatoms. The number of aromatic nitrogens is 1. The molecule has 6 rings (SSSR count). The third-order valence-electron chi connectivity index (χ3n) is 7.33. The third-order valence-corrected chi connectivity index (χ3v) is 7.33. The van der Waals surface area contributed by atoms with Crippen molar-refractivity contribution >= 4 is 22.2 Å². The van der Waals surface area contributed by atoms with E-state index in [1.165, 1.54) is 5.56 Å². The second-order valence-electron chi connectivity index (χ2n) is 9.74. The van der Waals surface area contributed by atoms with Gasteiger partial charge >= 0.3 is 0 Å². The molecule has 1 aromatic heterocycles. The van der Waals surface area contributed by atoms with E-state index in [9.17, 15) is 5.11 Å². The van der Waals surface area contributed by atoms with E-state index in [0.29, 0.717) is 11.9 Å². The van der Waals surface area contributed by atoms with Crippen molar-refractivity contribution in [2.24, 2.45) is 9.98 Å². The molecule has 1 fully saturated rings. The Labute approximate surface area is 210 Å². The maximum Gasteiger partial charge on any atom is 0.197 e. The van der Waals surface area contributed by atoms with E-state index in [4.69, 9.17) is 9.98 Å². The number of fused-ring (bicyclic) bond motifs is 2. The topological polar surface area (TPSA) is 76.0 Å². The molecule has 0 spiro atoms. The van der Waals surface area contributed by atoms with Crippen molar-refractivity contribution in [3.05, 3.63) is 100.0 Å². The van der Waals surface area contributed by atoms with Crippen LogP contribution in [0.4, 0.5) is 5.69 Å². The molecule has 3 heterocycles. The van der Waals surface area contributed by atoms with E-state index in [0.717, 1.165) is 76.5 Å². The molecule has 3 aromatic carbocycles. The van der Waals surface area contributed by atoms with Crippen LogP contribution in [-0.4, -0.2) is 40.7 Å². The number of piperidine rings is 1. The number of H-pyrrole nitrogens is 1. The lowest BCUT2D eigenvalue weighted by atomic mass is 9.95. The van der Waals surface area contributed by atoms with Gasteiger partial charge in [-0.05, 0) is 62.2 Å². The Hall–Kier alpha value is -3.90. The first-order chi connectivity index (χ1) is 17.6. The summed E-state index contributed by atoms with van der Waals surface area (Å²) in [4.78, 5) is 15.4. The molecular formula is C30H31N5O. The van der Waals surface area contributed by atoms with Crippen molar-refractivity contribution in [1.82, 2.24) is 9.88 Å². The van der Waals surface area contributed by atoms with Gasteiger partial charge in [-0.15, -0.1) is 0 Å². The minimum Gasteiger partial charge on any atom is -0.494 e. The summed E-state index contributed by atoms with van der Waals surface area (Å²) < 4.78 is 0. The van der Waals surface area contributed by atoms with Gasteiger partial charge in [-0.25, -0.2) is 9.98 Å². The third kappa shape index (κ3) is 4.18. The second-order valence-corrected chi connectivity index (χ2v) is 9.74. The smallest absolute Gasteiger partial charge is 0.197 e. The number of hydrogen-bond donors (Lipinski definition) is 3. The lowest BCUT2D eigenvalue weighted by Gasteiger charge is -2.32. The number of anilines is 1. The van der Waals surface area contributed by atoms with Gasteiger partial charge in [0.1, 0.15) is 0 Å². The minimum atomic E-state index is 0.128. The Morgan fingerprint density at radius 1 is 1.00 bits per heavy atom. The summed E-state index contributed by atoms with van der Waals surface area (Å²) >= 11 is 0. The van der Waals surface area contributed by atoms with Crippen LogP contribution in [0, 0.1) is 6.92 Å². The number of hydrogen-bond acceptors (Lipinski definition) is 5. The van der Waals surface area contributed by atoms with E-state index in [2.05, 4.69) is 65.4 Å². The first kappa shape index (κ1) is 22.6. The van der Waals surface area contributed by atoms with Gasteiger partial charge in [0.25, 0.3) is 0 Å². The van der Waals surface area contributed by atoms with E-state index < -0.39 is 0 Å². The zero-order chi connectivity index (χ0) is 24.6. The molecule has 3 N–H and O–H groups in total. The Balaban J connectivity index is 1.47. The fraction of sp³-hybridized carbons (Fsp3) is 0.267. The van der Waals surface area contributed by atoms with Gasteiger partial charge in [-0.2, -0.15) is 0 Å². The summed E-state index contributed by atoms with van der Waals surface area (Å²) in [6.45, 7) is 7.66. The summed E-state index contributed by atoms with van der Waals surface area (Å²) in [6.07, 6.45) is 2.26. The maximum atomic E-state index is 11.2. The van der Waals surface area contributed by atoms with Crippen molar-refractivity contribution in [3.63, 3.8) is 0 Å². The summed E-state index contributed by atoms with van der Waals surface area (Å²) in [6, 6.07) is 22.9. The summed E-state index contributed by atoms with van der Waals surface area (Å²) in [5.41, 5.74) is 5.65. The van der Waals surface area contributed by atoms with Gasteiger partial charge in [-0.1, -0.05) is 48.9 Å². The van der Waals surface area contributed by atoms with E-state index >= 15 is 0 Å². The standard InChI is InChI=1S/C30H31N5O/c1-3-35-16-14-21(15-17-35)31-22-12-13-24-23(18-22)28(30(36)34-24)27(20-10-8-19(2)9-11-20)29-32-25-6-4-5-7-26(25)33-29/h4-13,18,21,31,34,36H,3,14-17H2,1-2H3. The van der Waals surface area contributed by atoms with E-state index in [1.807, 2.05) is 30.3 Å². The average molecular weight is 478 g/mol. The Morgan fingerprint density at radius 3 is 2.36 bits per heavy atom. The first-order valence-corrected chi connectivity index (χ1v) is 12.8. The fourth-order valence-corrected chi connectivity index (χ4v) is 5.27. The van der Waals surface area contributed by atoms with Crippen molar-refractivity contribution in [2.75, 3.05) is 25.0 Å². The van der Waals surface area contributed by atoms with Crippen molar-refractivity contribution in [3.8, 4) is 5.88 Å². The van der Waals surface area contributed by atoms with Gasteiger partial charge < -0.3 is 20.3 Å². The van der Waals surface area contributed by atoms with E-state index in [1.54, 1.807) is 0 Å². The Bertz CT molecular complexity index is 1540. The van der Waals surface area contributed by atoms with E-state index in [-0.39, 0.29) is 5.88 Å². The fourth-order valence-electron chi connectivity index (χ4n) is 5.27. The van der Waals surface area contributed by atoms with Crippen LogP contribution in [0.15, 0.2) is 82.5 Å². The summed E-state index contributed by atoms with van der Waals surface area (Å²) in [5, 5.41) is 17.5. The molecule has 6 nitrogen and oxygen atoms in total. The normalized spacial score (nSPS) is 16.0. The van der Waals surface area contributed by atoms with Crippen LogP contribution in [0.2, 0.25) is 0 Å². The number of para-hydroxylation sites is 2. The molecule has 36 heavy (non-hydrogen) atoms. The summed E-state index contributed by atoms with van der Waals surface area (Å²) in [5.74, 6) is 0.740. The SMILES string of the molecule is CCN1CCC(Nc2ccc3[nH]c(O)c(C(=C4N=c5ccccc5=N4)c4ccc(C)cc4)c3c2)CC1. The number of aryl methyl sites for hydroxylation is 1. The minimum absolute atomic E-state index is 0.128. The Morgan fingerprint density at radius 2 is 1.69 bits per heavy atom. The van der Waals surface area contributed by atoms with Crippen LogP contribution < -0.4 is 16.0 Å². The van der Waals surface area contributed by atoms with Gasteiger partial charge in [0, 0.05) is 41.3 Å². The lowest BCUT2D eigenvalue weighted by Crippen LogP contribution is -2.38. The number of rotatable bonds is 5. The molecule has 2 aliphatic rings. The van der Waals surface area contributed by atoms with Crippen LogP contribution in [0.25, 0.3) is 16.5 Å². The molecule has 0 bridgehead atoms. The van der Waals surface area contributed by atoms with Crippen LogP contribution in [0.1, 0.15) is 36.5 Å². The van der Waals surface area contributed by atoms with Gasteiger partial charge in [0.05, 0.1) is 16.3 Å². The average Bonchev–Trinajstić information content (AvgIpc) is 3.46. The highest BCUT2D eigenvalue weighted by atomic mass is 16.3. The Kier molecular flexibility index (Phi) is 5.82. The van der Waals surface area contributed by atoms with Crippen molar-refractivity contribution in [2.45, 2.75) is 32.7 Å². The van der Waals surface area contributed by atoms with Crippen LogP contribution in [0.5, 0.6) is 5.88 Å². The number of benzene rings is 3. The number of aromatic amines is 1. The monoisotopic (exact) mass is 477 g/mol. The number of likely N-dealkylation sites (tertiary alicyclic amines) is 1. The first-order valence-electron chi connectivity index (χ1n) is 12.8. The molecule has 0 saturated carbocycles. The predicted molar refractivity (Wildman–Crippen MR) is 145 cm³/mol. The highest BCUT2D eigenvalue weighted by Gasteiger charge is 2.23.